The molecule has 0 atom stereocenters. The van der Waals surface area contributed by atoms with Crippen molar-refractivity contribution in [2.45, 2.75) is 13.2 Å². The molecule has 84 valence electrons. The molecule has 0 aliphatic rings. The molecule has 0 saturated carbocycles. The van der Waals surface area contributed by atoms with Crippen molar-refractivity contribution >= 4 is 0 Å². The van der Waals surface area contributed by atoms with E-state index in [-0.39, 0.29) is 6.54 Å². The summed E-state index contributed by atoms with van der Waals surface area (Å²) < 4.78 is 22.7. The Morgan fingerprint density at radius 2 is 1.80 bits per heavy atom. The minimum Gasteiger partial charge on any atom is -0.496 e. The van der Waals surface area contributed by atoms with Crippen LogP contribution in [0.3, 0.4) is 0 Å². The summed E-state index contributed by atoms with van der Waals surface area (Å²) >= 11 is 0. The fraction of sp³-hybridized carbons (Fsp3) is 0.400. The van der Waals surface area contributed by atoms with Crippen molar-refractivity contribution in [3.8, 4) is 11.5 Å². The van der Waals surface area contributed by atoms with Crippen LogP contribution in [0.4, 0.5) is 4.39 Å². The maximum Gasteiger partial charge on any atom is 0.128 e. The zero-order valence-corrected chi connectivity index (χ0v) is 8.71. The quantitative estimate of drug-likeness (QED) is 0.733. The zero-order valence-electron chi connectivity index (χ0n) is 8.71. The Morgan fingerprint density at radius 1 is 1.20 bits per heavy atom. The van der Waals surface area contributed by atoms with Crippen LogP contribution >= 0.6 is 0 Å². The van der Waals surface area contributed by atoms with Gasteiger partial charge in [-0.3, -0.25) is 0 Å². The maximum atomic E-state index is 12.6. The van der Waals surface area contributed by atoms with Crippen LogP contribution in [0, 0.1) is 0 Å². The lowest BCUT2D eigenvalue weighted by Gasteiger charge is -2.12. The van der Waals surface area contributed by atoms with Crippen LogP contribution in [-0.4, -0.2) is 19.4 Å². The van der Waals surface area contributed by atoms with Crippen LogP contribution in [0.2, 0.25) is 0 Å². The van der Waals surface area contributed by atoms with Crippen molar-refractivity contribution in [3.05, 3.63) is 23.3 Å². The third-order valence-electron chi connectivity index (χ3n) is 2.10. The maximum absolute atomic E-state index is 12.6. The molecule has 2 N–H and O–H groups in total. The van der Waals surface area contributed by atoms with Crippen molar-refractivity contribution in [3.63, 3.8) is 0 Å². The largest absolute Gasteiger partial charge is 0.496 e. The Balaban J connectivity index is 3.15. The predicted molar refractivity (Wildman–Crippen MR) is 53.0 cm³/mol. The highest BCUT2D eigenvalue weighted by Gasteiger charge is 2.10. The van der Waals surface area contributed by atoms with Gasteiger partial charge in [-0.2, -0.15) is 0 Å². The molecular weight excluding hydrogens is 201 g/mol. The smallest absolute Gasteiger partial charge is 0.128 e. The lowest BCUT2D eigenvalue weighted by atomic mass is 10.1. The molecule has 0 aliphatic heterocycles. The van der Waals surface area contributed by atoms with Crippen LogP contribution in [0.15, 0.2) is 12.1 Å². The van der Waals surface area contributed by atoms with Gasteiger partial charge >= 0.3 is 0 Å². The summed E-state index contributed by atoms with van der Waals surface area (Å²) in [5.74, 6) is 0.988. The van der Waals surface area contributed by atoms with Gasteiger partial charge in [-0.25, -0.2) is 9.87 Å². The van der Waals surface area contributed by atoms with E-state index < -0.39 is 6.67 Å². The number of alkyl halides is 1. The Kier molecular flexibility index (Phi) is 4.33. The summed E-state index contributed by atoms with van der Waals surface area (Å²) in [5, 5.41) is 8.60. The summed E-state index contributed by atoms with van der Waals surface area (Å²) in [6.07, 6.45) is 0. The molecule has 0 amide bonds. The molecule has 1 aromatic rings. The van der Waals surface area contributed by atoms with Crippen LogP contribution in [-0.2, 0) is 13.2 Å². The Labute approximate surface area is 87.6 Å². The summed E-state index contributed by atoms with van der Waals surface area (Å²) in [6.45, 7) is -0.425. The average molecular weight is 215 g/mol. The molecule has 15 heavy (non-hydrogen) atoms. The molecule has 0 heterocycles. The van der Waals surface area contributed by atoms with E-state index in [0.29, 0.717) is 22.6 Å². The van der Waals surface area contributed by atoms with Gasteiger partial charge in [-0.1, -0.05) is 0 Å². The average Bonchev–Trinajstić information content (AvgIpc) is 2.28. The number of ether oxygens (including phenoxy) is 2. The van der Waals surface area contributed by atoms with Crippen LogP contribution in [0.5, 0.6) is 11.5 Å². The highest BCUT2D eigenvalue weighted by molar-refractivity contribution is 5.46. The van der Waals surface area contributed by atoms with Crippen molar-refractivity contribution < 1.29 is 19.1 Å². The number of hydrogen-bond donors (Lipinski definition) is 2. The Bertz CT molecular complexity index is 331. The number of methoxy groups -OCH3 is 2. The first-order valence-corrected chi connectivity index (χ1v) is 4.43. The second-order valence-electron chi connectivity index (χ2n) is 2.94. The first kappa shape index (κ1) is 11.7. The zero-order chi connectivity index (χ0) is 11.3. The first-order valence-electron chi connectivity index (χ1n) is 4.43. The normalized spacial score (nSPS) is 10.1. The second kappa shape index (κ2) is 5.53. The molecule has 0 radical (unpaired) electrons. The lowest BCUT2D eigenvalue weighted by Crippen LogP contribution is -2.08. The Morgan fingerprint density at radius 3 is 2.27 bits per heavy atom. The molecule has 4 nitrogen and oxygen atoms in total. The van der Waals surface area contributed by atoms with Gasteiger partial charge < -0.3 is 14.7 Å². The molecular formula is C10H14FNO3. The van der Waals surface area contributed by atoms with Gasteiger partial charge in [-0.15, -0.1) is 0 Å². The number of benzene rings is 1. The summed E-state index contributed by atoms with van der Waals surface area (Å²) in [4.78, 5) is 0. The summed E-state index contributed by atoms with van der Waals surface area (Å²) in [5.41, 5.74) is 3.11. The molecule has 0 spiro atoms. The lowest BCUT2D eigenvalue weighted by molar-refractivity contribution is 0.160. The van der Waals surface area contributed by atoms with Crippen LogP contribution in [0.25, 0.3) is 0 Å². The fourth-order valence-electron chi connectivity index (χ4n) is 1.36. The summed E-state index contributed by atoms with van der Waals surface area (Å²) in [7, 11) is 2.97. The molecule has 0 aromatic heterocycles. The monoisotopic (exact) mass is 215 g/mol. The van der Waals surface area contributed by atoms with Gasteiger partial charge in [0.15, 0.2) is 0 Å². The molecule has 0 unspecified atom stereocenters. The van der Waals surface area contributed by atoms with E-state index in [1.165, 1.54) is 14.2 Å². The molecule has 0 saturated heterocycles. The third kappa shape index (κ3) is 2.57. The number of nitrogens with one attached hydrogen (secondary N) is 1. The fourth-order valence-corrected chi connectivity index (χ4v) is 1.36. The van der Waals surface area contributed by atoms with Crippen LogP contribution in [0.1, 0.15) is 11.1 Å². The second-order valence-corrected chi connectivity index (χ2v) is 2.94. The van der Waals surface area contributed by atoms with Crippen molar-refractivity contribution in [2.24, 2.45) is 0 Å². The minimum atomic E-state index is -0.619. The number of rotatable bonds is 5. The summed E-state index contributed by atoms with van der Waals surface area (Å²) in [6, 6.07) is 3.20. The molecule has 0 aliphatic carbocycles. The Hall–Kier alpha value is -1.33. The van der Waals surface area contributed by atoms with Gasteiger partial charge in [0, 0.05) is 23.7 Å². The van der Waals surface area contributed by atoms with E-state index in [1.807, 2.05) is 5.48 Å². The van der Waals surface area contributed by atoms with Crippen molar-refractivity contribution in [2.75, 3.05) is 14.2 Å². The molecule has 0 fully saturated rings. The standard InChI is InChI=1S/C10H14FNO3/c1-14-9-4-10(15-2)8(6-12-13)3-7(9)5-11/h3-4,12-13H,5-6H2,1-2H3. The van der Waals surface area contributed by atoms with Gasteiger partial charge in [0.25, 0.3) is 0 Å². The highest BCUT2D eigenvalue weighted by Crippen LogP contribution is 2.29. The van der Waals surface area contributed by atoms with Gasteiger partial charge in [0.05, 0.1) is 14.2 Å². The first-order chi connectivity index (χ1) is 7.26. The molecule has 1 rings (SSSR count). The minimum absolute atomic E-state index is 0.195. The van der Waals surface area contributed by atoms with E-state index in [9.17, 15) is 4.39 Å². The number of hydrogen-bond acceptors (Lipinski definition) is 4. The van der Waals surface area contributed by atoms with E-state index in [2.05, 4.69) is 0 Å². The van der Waals surface area contributed by atoms with Gasteiger partial charge in [0.2, 0.25) is 0 Å². The molecule has 0 bridgehead atoms. The van der Waals surface area contributed by atoms with Gasteiger partial charge in [0.1, 0.15) is 18.2 Å². The van der Waals surface area contributed by atoms with Gasteiger partial charge in [-0.05, 0) is 6.07 Å². The van der Waals surface area contributed by atoms with E-state index in [0.717, 1.165) is 0 Å². The highest BCUT2D eigenvalue weighted by atomic mass is 19.1. The number of hydroxylamine groups is 1. The molecule has 1 aromatic carbocycles. The van der Waals surface area contributed by atoms with E-state index in [1.54, 1.807) is 12.1 Å². The molecule has 5 heteroatoms. The predicted octanol–water partition coefficient (Wildman–Crippen LogP) is 1.65. The topological polar surface area (TPSA) is 50.7 Å². The third-order valence-corrected chi connectivity index (χ3v) is 2.10. The van der Waals surface area contributed by atoms with E-state index in [4.69, 9.17) is 14.7 Å². The van der Waals surface area contributed by atoms with E-state index >= 15 is 0 Å². The van der Waals surface area contributed by atoms with Crippen molar-refractivity contribution in [1.82, 2.24) is 5.48 Å². The van der Waals surface area contributed by atoms with Crippen LogP contribution < -0.4 is 15.0 Å². The number of halogens is 1. The SMILES string of the molecule is COc1cc(OC)c(CNO)cc1CF. The van der Waals surface area contributed by atoms with Crippen molar-refractivity contribution in [1.29, 1.82) is 0 Å².